The molecule has 3 heteroatoms. The van der Waals surface area contributed by atoms with Crippen LogP contribution in [-0.4, -0.2) is 17.5 Å². The summed E-state index contributed by atoms with van der Waals surface area (Å²) in [6, 6.07) is 12.2. The zero-order chi connectivity index (χ0) is 18.9. The maximum atomic E-state index is 13.7. The Morgan fingerprint density at radius 3 is 2.31 bits per heavy atom. The van der Waals surface area contributed by atoms with Crippen LogP contribution in [0.5, 0.6) is 0 Å². The minimum Gasteiger partial charge on any atom is -0.295 e. The fourth-order valence-electron chi connectivity index (χ4n) is 3.60. The molecule has 0 saturated heterocycles. The quantitative estimate of drug-likeness (QED) is 0.687. The van der Waals surface area contributed by atoms with Crippen molar-refractivity contribution in [1.82, 2.24) is 4.90 Å². The van der Waals surface area contributed by atoms with Crippen LogP contribution in [0.4, 0.5) is 8.78 Å². The Labute approximate surface area is 156 Å². The first-order valence-corrected chi connectivity index (χ1v) is 9.48. The van der Waals surface area contributed by atoms with Gasteiger partial charge in [-0.3, -0.25) is 4.90 Å². The van der Waals surface area contributed by atoms with Crippen molar-refractivity contribution in [2.75, 3.05) is 6.54 Å². The summed E-state index contributed by atoms with van der Waals surface area (Å²) >= 11 is 0. The highest BCUT2D eigenvalue weighted by molar-refractivity contribution is 5.32. The summed E-state index contributed by atoms with van der Waals surface area (Å²) in [7, 11) is 0. The molecule has 2 atom stereocenters. The Balaban J connectivity index is 1.84. The van der Waals surface area contributed by atoms with E-state index >= 15 is 0 Å². The van der Waals surface area contributed by atoms with Gasteiger partial charge in [-0.15, -0.1) is 0 Å². The topological polar surface area (TPSA) is 3.24 Å². The van der Waals surface area contributed by atoms with Crippen LogP contribution in [0.3, 0.4) is 0 Å². The average molecular weight is 357 g/mol. The Kier molecular flexibility index (Phi) is 5.47. The molecular formula is C23H29F2N. The third kappa shape index (κ3) is 4.50. The molecule has 0 aliphatic carbocycles. The largest absolute Gasteiger partial charge is 0.295 e. The van der Waals surface area contributed by atoms with Gasteiger partial charge in [0.25, 0.3) is 0 Å². The van der Waals surface area contributed by atoms with Crippen molar-refractivity contribution in [3.05, 3.63) is 70.8 Å². The Hall–Kier alpha value is -1.74. The zero-order valence-corrected chi connectivity index (χ0v) is 16.2. The van der Waals surface area contributed by atoms with Crippen LogP contribution >= 0.6 is 0 Å². The van der Waals surface area contributed by atoms with Gasteiger partial charge in [0.05, 0.1) is 0 Å². The molecule has 1 heterocycles. The molecule has 0 radical (unpaired) electrons. The Morgan fingerprint density at radius 2 is 1.65 bits per heavy atom. The predicted octanol–water partition coefficient (Wildman–Crippen LogP) is 5.62. The first-order chi connectivity index (χ1) is 12.2. The predicted molar refractivity (Wildman–Crippen MR) is 103 cm³/mol. The summed E-state index contributed by atoms with van der Waals surface area (Å²) in [6.45, 7) is 11.0. The molecule has 0 fully saturated rings. The molecule has 1 nitrogen and oxygen atoms in total. The molecule has 26 heavy (non-hydrogen) atoms. The molecule has 3 rings (SSSR count). The summed E-state index contributed by atoms with van der Waals surface area (Å²) in [5.74, 6) is 0.170. The minimum atomic E-state index is -0.206. The van der Waals surface area contributed by atoms with Crippen LogP contribution < -0.4 is 0 Å². The van der Waals surface area contributed by atoms with E-state index in [4.69, 9.17) is 0 Å². The van der Waals surface area contributed by atoms with E-state index in [0.29, 0.717) is 12.0 Å². The lowest BCUT2D eigenvalue weighted by molar-refractivity contribution is 0.106. The SMILES string of the molecule is CC(CN1Cc2ccc(F)cc2C[C@H]1Cc1ccc(F)cc1)C(C)(C)C. The second-order valence-electron chi connectivity index (χ2n) is 8.80. The molecule has 1 aliphatic rings. The average Bonchev–Trinajstić information content (AvgIpc) is 2.56. The van der Waals surface area contributed by atoms with Gasteiger partial charge < -0.3 is 0 Å². The molecule has 0 aromatic heterocycles. The number of fused-ring (bicyclic) bond motifs is 1. The van der Waals surface area contributed by atoms with Gasteiger partial charge in [0.15, 0.2) is 0 Å². The maximum Gasteiger partial charge on any atom is 0.123 e. The van der Waals surface area contributed by atoms with E-state index in [1.54, 1.807) is 12.1 Å². The summed E-state index contributed by atoms with van der Waals surface area (Å²) in [6.07, 6.45) is 1.69. The van der Waals surface area contributed by atoms with Gasteiger partial charge in [0.2, 0.25) is 0 Å². The van der Waals surface area contributed by atoms with Crippen LogP contribution in [0.1, 0.15) is 44.4 Å². The molecule has 0 spiro atoms. The van der Waals surface area contributed by atoms with Crippen molar-refractivity contribution in [1.29, 1.82) is 0 Å². The number of halogens is 2. The molecule has 1 unspecified atom stereocenters. The van der Waals surface area contributed by atoms with Gasteiger partial charge in [0, 0.05) is 19.1 Å². The number of rotatable bonds is 4. The maximum absolute atomic E-state index is 13.7. The van der Waals surface area contributed by atoms with E-state index in [1.165, 1.54) is 17.7 Å². The van der Waals surface area contributed by atoms with Gasteiger partial charge >= 0.3 is 0 Å². The number of nitrogens with zero attached hydrogens (tertiary/aromatic N) is 1. The minimum absolute atomic E-state index is 0.166. The summed E-state index contributed by atoms with van der Waals surface area (Å²) in [4.78, 5) is 2.53. The van der Waals surface area contributed by atoms with Gasteiger partial charge in [-0.1, -0.05) is 45.9 Å². The molecule has 0 bridgehead atoms. The van der Waals surface area contributed by atoms with Crippen molar-refractivity contribution in [2.24, 2.45) is 11.3 Å². The molecule has 1 aliphatic heterocycles. The fraction of sp³-hybridized carbons (Fsp3) is 0.478. The Bertz CT molecular complexity index is 746. The zero-order valence-electron chi connectivity index (χ0n) is 16.2. The first kappa shape index (κ1) is 19.0. The van der Waals surface area contributed by atoms with Crippen molar-refractivity contribution in [3.8, 4) is 0 Å². The summed E-state index contributed by atoms with van der Waals surface area (Å²) in [5, 5.41) is 0. The van der Waals surface area contributed by atoms with Crippen LogP contribution in [-0.2, 0) is 19.4 Å². The second kappa shape index (κ2) is 7.48. The van der Waals surface area contributed by atoms with Crippen LogP contribution in [0, 0.1) is 23.0 Å². The first-order valence-electron chi connectivity index (χ1n) is 9.48. The fourth-order valence-corrected chi connectivity index (χ4v) is 3.60. The van der Waals surface area contributed by atoms with Crippen molar-refractivity contribution in [2.45, 2.75) is 53.1 Å². The highest BCUT2D eigenvalue weighted by Gasteiger charge is 2.30. The van der Waals surface area contributed by atoms with Gasteiger partial charge in [0.1, 0.15) is 11.6 Å². The number of benzene rings is 2. The van der Waals surface area contributed by atoms with E-state index < -0.39 is 0 Å². The van der Waals surface area contributed by atoms with E-state index in [2.05, 4.69) is 32.6 Å². The molecule has 0 amide bonds. The lowest BCUT2D eigenvalue weighted by Gasteiger charge is -2.41. The molecule has 140 valence electrons. The lowest BCUT2D eigenvalue weighted by atomic mass is 9.80. The van der Waals surface area contributed by atoms with Crippen molar-refractivity contribution in [3.63, 3.8) is 0 Å². The van der Waals surface area contributed by atoms with Gasteiger partial charge in [-0.25, -0.2) is 8.78 Å². The lowest BCUT2D eigenvalue weighted by Crippen LogP contribution is -2.45. The second-order valence-corrected chi connectivity index (χ2v) is 8.80. The van der Waals surface area contributed by atoms with Crippen LogP contribution in [0.25, 0.3) is 0 Å². The highest BCUT2D eigenvalue weighted by Crippen LogP contribution is 2.31. The molecular weight excluding hydrogens is 328 g/mol. The molecule has 2 aromatic rings. The monoisotopic (exact) mass is 357 g/mol. The summed E-state index contributed by atoms with van der Waals surface area (Å²) in [5.41, 5.74) is 3.70. The molecule has 0 N–H and O–H groups in total. The van der Waals surface area contributed by atoms with Crippen molar-refractivity contribution < 1.29 is 8.78 Å². The van der Waals surface area contributed by atoms with Crippen LogP contribution in [0.15, 0.2) is 42.5 Å². The van der Waals surface area contributed by atoms with Gasteiger partial charge in [-0.05, 0) is 65.1 Å². The number of hydrogen-bond acceptors (Lipinski definition) is 1. The van der Waals surface area contributed by atoms with E-state index in [-0.39, 0.29) is 17.0 Å². The van der Waals surface area contributed by atoms with Gasteiger partial charge in [-0.2, -0.15) is 0 Å². The third-order valence-corrected chi connectivity index (χ3v) is 5.89. The highest BCUT2D eigenvalue weighted by atomic mass is 19.1. The summed E-state index contributed by atoms with van der Waals surface area (Å²) < 4.78 is 26.9. The molecule has 2 aromatic carbocycles. The Morgan fingerprint density at radius 1 is 1.00 bits per heavy atom. The van der Waals surface area contributed by atoms with E-state index in [9.17, 15) is 8.78 Å². The third-order valence-electron chi connectivity index (χ3n) is 5.89. The smallest absolute Gasteiger partial charge is 0.123 e. The van der Waals surface area contributed by atoms with E-state index in [1.807, 2.05) is 18.2 Å². The van der Waals surface area contributed by atoms with Crippen molar-refractivity contribution >= 4 is 0 Å². The normalized spacial score (nSPS) is 19.2. The van der Waals surface area contributed by atoms with Crippen LogP contribution in [0.2, 0.25) is 0 Å². The molecule has 0 saturated carbocycles. The standard InChI is InChI=1S/C23H29F2N/c1-16(23(2,3)4)14-26-15-18-7-10-21(25)12-19(18)13-22(26)11-17-5-8-20(24)9-6-17/h5-10,12,16,22H,11,13-15H2,1-4H3/t16?,22-/m1/s1. The van der Waals surface area contributed by atoms with E-state index in [0.717, 1.165) is 37.1 Å². The number of hydrogen-bond donors (Lipinski definition) is 0.